The van der Waals surface area contributed by atoms with Crippen LogP contribution >= 0.6 is 0 Å². The Hall–Kier alpha value is -2.08. The molecule has 0 aliphatic heterocycles. The third-order valence-electron chi connectivity index (χ3n) is 3.83. The Morgan fingerprint density at radius 3 is 2.25 bits per heavy atom. The number of rotatable bonds is 6. The van der Waals surface area contributed by atoms with E-state index in [9.17, 15) is 0 Å². The number of benzene rings is 1. The quantitative estimate of drug-likeness (QED) is 0.808. The Labute approximate surface area is 143 Å². The third kappa shape index (κ3) is 4.26. The van der Waals surface area contributed by atoms with Crippen LogP contribution in [0, 0.1) is 6.92 Å². The van der Waals surface area contributed by atoms with Crippen LogP contribution in [0.1, 0.15) is 43.6 Å². The molecule has 0 N–H and O–H groups in total. The van der Waals surface area contributed by atoms with Gasteiger partial charge in [-0.3, -0.25) is 4.90 Å². The molecule has 24 heavy (non-hydrogen) atoms. The first-order valence-electron chi connectivity index (χ1n) is 7.97. The number of nitrogens with zero attached hydrogens (tertiary/aromatic N) is 3. The number of ether oxygens (including phenoxy) is 2. The van der Waals surface area contributed by atoms with Gasteiger partial charge in [-0.2, -0.15) is 4.98 Å². The molecule has 2 rings (SSSR count). The van der Waals surface area contributed by atoms with E-state index in [0.29, 0.717) is 12.4 Å². The van der Waals surface area contributed by atoms with Crippen LogP contribution in [0.4, 0.5) is 0 Å². The molecule has 0 bridgehead atoms. The maximum atomic E-state index is 5.39. The largest absolute Gasteiger partial charge is 0.493 e. The van der Waals surface area contributed by atoms with Gasteiger partial charge in [0.25, 0.3) is 0 Å². The minimum absolute atomic E-state index is 0.111. The first-order chi connectivity index (χ1) is 11.2. The average Bonchev–Trinajstić information content (AvgIpc) is 2.97. The molecule has 1 aromatic heterocycles. The summed E-state index contributed by atoms with van der Waals surface area (Å²) in [5, 5.41) is 4.07. The average molecular weight is 333 g/mol. The Kier molecular flexibility index (Phi) is 5.49. The van der Waals surface area contributed by atoms with Crippen molar-refractivity contribution in [3.8, 4) is 11.5 Å². The maximum Gasteiger partial charge on any atom is 0.240 e. The van der Waals surface area contributed by atoms with Crippen LogP contribution in [0.2, 0.25) is 0 Å². The second kappa shape index (κ2) is 7.21. The molecule has 1 heterocycles. The van der Waals surface area contributed by atoms with Gasteiger partial charge in [0, 0.05) is 12.0 Å². The highest BCUT2D eigenvalue weighted by molar-refractivity contribution is 5.47. The van der Waals surface area contributed by atoms with Crippen LogP contribution in [0.25, 0.3) is 0 Å². The molecule has 0 aliphatic rings. The Balaban J connectivity index is 2.09. The molecule has 0 amide bonds. The van der Waals surface area contributed by atoms with Gasteiger partial charge in [-0.1, -0.05) is 25.9 Å². The molecule has 0 saturated heterocycles. The smallest absolute Gasteiger partial charge is 0.240 e. The van der Waals surface area contributed by atoms with Crippen molar-refractivity contribution >= 4 is 0 Å². The highest BCUT2D eigenvalue weighted by atomic mass is 16.5. The van der Waals surface area contributed by atoms with Gasteiger partial charge in [0.2, 0.25) is 5.89 Å². The van der Waals surface area contributed by atoms with E-state index in [-0.39, 0.29) is 5.41 Å². The summed E-state index contributed by atoms with van der Waals surface area (Å²) in [5.41, 5.74) is 2.21. The summed E-state index contributed by atoms with van der Waals surface area (Å²) >= 11 is 0. The molecule has 6 nitrogen and oxygen atoms in total. The molecule has 0 fully saturated rings. The van der Waals surface area contributed by atoms with Crippen molar-refractivity contribution in [3.05, 3.63) is 35.0 Å². The fourth-order valence-electron chi connectivity index (χ4n) is 2.39. The van der Waals surface area contributed by atoms with E-state index in [1.807, 2.05) is 19.2 Å². The SMILES string of the molecule is COc1cc(C)c(CN(C)Cc2nc(C(C)(C)C)no2)cc1OC. The zero-order valence-corrected chi connectivity index (χ0v) is 15.6. The Bertz CT molecular complexity index is 689. The van der Waals surface area contributed by atoms with E-state index < -0.39 is 0 Å². The molecule has 0 unspecified atom stereocenters. The van der Waals surface area contributed by atoms with Crippen LogP contribution in [0.15, 0.2) is 16.7 Å². The minimum Gasteiger partial charge on any atom is -0.493 e. The van der Waals surface area contributed by atoms with E-state index in [1.54, 1.807) is 14.2 Å². The highest BCUT2D eigenvalue weighted by Crippen LogP contribution is 2.30. The predicted molar refractivity (Wildman–Crippen MR) is 92.5 cm³/mol. The molecular weight excluding hydrogens is 306 g/mol. The topological polar surface area (TPSA) is 60.6 Å². The van der Waals surface area contributed by atoms with E-state index in [1.165, 1.54) is 5.56 Å². The van der Waals surface area contributed by atoms with Crippen molar-refractivity contribution in [1.29, 1.82) is 0 Å². The minimum atomic E-state index is -0.111. The molecule has 0 saturated carbocycles. The summed E-state index contributed by atoms with van der Waals surface area (Å²) in [6.45, 7) is 9.61. The number of hydrogen-bond donors (Lipinski definition) is 0. The fourth-order valence-corrected chi connectivity index (χ4v) is 2.39. The van der Waals surface area contributed by atoms with Crippen molar-refractivity contribution in [2.45, 2.75) is 46.2 Å². The molecule has 0 atom stereocenters. The van der Waals surface area contributed by atoms with Crippen LogP contribution in [-0.4, -0.2) is 36.3 Å². The first-order valence-corrected chi connectivity index (χ1v) is 7.97. The molecular formula is C18H27N3O3. The molecule has 0 radical (unpaired) electrons. The van der Waals surface area contributed by atoms with E-state index >= 15 is 0 Å². The number of hydrogen-bond acceptors (Lipinski definition) is 6. The predicted octanol–water partition coefficient (Wildman–Crippen LogP) is 3.32. The summed E-state index contributed by atoms with van der Waals surface area (Å²) in [6.07, 6.45) is 0. The van der Waals surface area contributed by atoms with E-state index in [0.717, 1.165) is 29.4 Å². The molecule has 132 valence electrons. The lowest BCUT2D eigenvalue weighted by molar-refractivity contribution is 0.258. The molecule has 0 aliphatic carbocycles. The maximum absolute atomic E-state index is 5.39. The van der Waals surface area contributed by atoms with Gasteiger partial charge in [0.15, 0.2) is 17.3 Å². The standard InChI is InChI=1S/C18H27N3O3/c1-12-8-14(22-6)15(23-7)9-13(12)10-21(5)11-16-19-17(20-24-16)18(2,3)4/h8-9H,10-11H2,1-7H3. The van der Waals surface area contributed by atoms with E-state index in [4.69, 9.17) is 14.0 Å². The molecule has 2 aromatic rings. The monoisotopic (exact) mass is 333 g/mol. The van der Waals surface area contributed by atoms with Gasteiger partial charge < -0.3 is 14.0 Å². The summed E-state index contributed by atoms with van der Waals surface area (Å²) in [5.74, 6) is 2.83. The lowest BCUT2D eigenvalue weighted by atomic mass is 9.96. The Morgan fingerprint density at radius 1 is 1.08 bits per heavy atom. The van der Waals surface area contributed by atoms with Gasteiger partial charge in [0.05, 0.1) is 20.8 Å². The number of aryl methyl sites for hydroxylation is 1. The van der Waals surface area contributed by atoms with Crippen molar-refractivity contribution in [3.63, 3.8) is 0 Å². The molecule has 6 heteroatoms. The zero-order valence-electron chi connectivity index (χ0n) is 15.6. The summed E-state index contributed by atoms with van der Waals surface area (Å²) < 4.78 is 16.1. The van der Waals surface area contributed by atoms with Crippen molar-refractivity contribution < 1.29 is 14.0 Å². The lowest BCUT2D eigenvalue weighted by Gasteiger charge is -2.18. The zero-order chi connectivity index (χ0) is 17.9. The van der Waals surface area contributed by atoms with Crippen LogP contribution in [0.5, 0.6) is 11.5 Å². The van der Waals surface area contributed by atoms with E-state index in [2.05, 4.69) is 42.7 Å². The molecule has 0 spiro atoms. The summed E-state index contributed by atoms with van der Waals surface area (Å²) in [6, 6.07) is 4.01. The summed E-state index contributed by atoms with van der Waals surface area (Å²) in [4.78, 5) is 6.62. The van der Waals surface area contributed by atoms with Gasteiger partial charge in [-0.05, 0) is 37.2 Å². The Morgan fingerprint density at radius 2 is 1.71 bits per heavy atom. The second-order valence-corrected chi connectivity index (χ2v) is 7.07. The van der Waals surface area contributed by atoms with Gasteiger partial charge in [-0.15, -0.1) is 0 Å². The molecule has 1 aromatic carbocycles. The number of methoxy groups -OCH3 is 2. The second-order valence-electron chi connectivity index (χ2n) is 7.07. The first kappa shape index (κ1) is 18.3. The normalized spacial score (nSPS) is 11.8. The fraction of sp³-hybridized carbons (Fsp3) is 0.556. The number of aromatic nitrogens is 2. The third-order valence-corrected chi connectivity index (χ3v) is 3.83. The van der Waals surface area contributed by atoms with Gasteiger partial charge in [0.1, 0.15) is 0 Å². The van der Waals surface area contributed by atoms with Crippen molar-refractivity contribution in [2.75, 3.05) is 21.3 Å². The summed E-state index contributed by atoms with van der Waals surface area (Å²) in [7, 11) is 5.32. The van der Waals surface area contributed by atoms with Gasteiger partial charge in [-0.25, -0.2) is 0 Å². The van der Waals surface area contributed by atoms with Crippen LogP contribution in [0.3, 0.4) is 0 Å². The van der Waals surface area contributed by atoms with Crippen LogP contribution < -0.4 is 9.47 Å². The highest BCUT2D eigenvalue weighted by Gasteiger charge is 2.21. The lowest BCUT2D eigenvalue weighted by Crippen LogP contribution is -2.19. The van der Waals surface area contributed by atoms with Crippen molar-refractivity contribution in [2.24, 2.45) is 0 Å². The van der Waals surface area contributed by atoms with Gasteiger partial charge >= 0.3 is 0 Å². The van der Waals surface area contributed by atoms with Crippen LogP contribution in [-0.2, 0) is 18.5 Å². The van der Waals surface area contributed by atoms with Crippen molar-refractivity contribution in [1.82, 2.24) is 15.0 Å².